The molecule has 80 valence electrons. The Bertz CT molecular complexity index is 263. The van der Waals surface area contributed by atoms with Crippen molar-refractivity contribution < 1.29 is 0 Å². The third kappa shape index (κ3) is 2.82. The summed E-state index contributed by atoms with van der Waals surface area (Å²) in [6, 6.07) is 3.36. The lowest BCUT2D eigenvalue weighted by Crippen LogP contribution is -2.30. The molecule has 0 aliphatic carbocycles. The van der Waals surface area contributed by atoms with E-state index in [0.29, 0.717) is 12.1 Å². The van der Waals surface area contributed by atoms with Crippen molar-refractivity contribution in [3.63, 3.8) is 0 Å². The number of nitrogens with one attached hydrogen (secondary N) is 1. The number of hydrogen-bond donors (Lipinski definition) is 1. The van der Waals surface area contributed by atoms with E-state index in [9.17, 15) is 0 Å². The molecule has 14 heavy (non-hydrogen) atoms. The highest BCUT2D eigenvalue weighted by Crippen LogP contribution is 2.24. The summed E-state index contributed by atoms with van der Waals surface area (Å²) in [7, 11) is 0. The van der Waals surface area contributed by atoms with Gasteiger partial charge in [-0.3, -0.25) is 0 Å². The Morgan fingerprint density at radius 1 is 1.36 bits per heavy atom. The van der Waals surface area contributed by atoms with Gasteiger partial charge in [0.2, 0.25) is 0 Å². The lowest BCUT2D eigenvalue weighted by atomic mass is 10.1. The van der Waals surface area contributed by atoms with Gasteiger partial charge in [0.25, 0.3) is 0 Å². The van der Waals surface area contributed by atoms with Gasteiger partial charge < -0.3 is 5.32 Å². The van der Waals surface area contributed by atoms with Crippen LogP contribution in [0.1, 0.15) is 50.1 Å². The fourth-order valence-electron chi connectivity index (χ4n) is 1.78. The van der Waals surface area contributed by atoms with Crippen LogP contribution in [0, 0.1) is 6.92 Å². The van der Waals surface area contributed by atoms with E-state index in [1.807, 2.05) is 11.3 Å². The van der Waals surface area contributed by atoms with E-state index in [0.717, 1.165) is 0 Å². The molecule has 0 bridgehead atoms. The van der Waals surface area contributed by atoms with E-state index in [1.165, 1.54) is 23.3 Å². The fourth-order valence-corrected chi connectivity index (χ4v) is 2.73. The van der Waals surface area contributed by atoms with Crippen LogP contribution in [-0.2, 0) is 0 Å². The van der Waals surface area contributed by atoms with Crippen molar-refractivity contribution >= 4 is 11.3 Å². The maximum Gasteiger partial charge on any atom is 0.0390 e. The highest BCUT2D eigenvalue weighted by molar-refractivity contribution is 7.10. The molecular weight excluding hydrogens is 190 g/mol. The van der Waals surface area contributed by atoms with E-state index >= 15 is 0 Å². The molecule has 0 aliphatic rings. The van der Waals surface area contributed by atoms with Gasteiger partial charge in [0, 0.05) is 17.0 Å². The molecule has 0 aliphatic heterocycles. The van der Waals surface area contributed by atoms with Gasteiger partial charge >= 0.3 is 0 Å². The van der Waals surface area contributed by atoms with E-state index in [1.54, 1.807) is 0 Å². The standard InChI is InChI=1S/C12H21NS/c1-5-11(6-2)13-10(4)12-9(3)7-8-14-12/h7-8,10-11,13H,5-6H2,1-4H3/t10-/m1/s1. The maximum atomic E-state index is 3.67. The molecule has 0 fully saturated rings. The normalized spacial score (nSPS) is 13.5. The second-order valence-corrected chi connectivity index (χ2v) is 4.82. The van der Waals surface area contributed by atoms with E-state index in [2.05, 4.69) is 44.5 Å². The zero-order valence-electron chi connectivity index (χ0n) is 9.63. The zero-order valence-corrected chi connectivity index (χ0v) is 10.4. The summed E-state index contributed by atoms with van der Waals surface area (Å²) < 4.78 is 0. The molecule has 0 unspecified atom stereocenters. The largest absolute Gasteiger partial charge is 0.307 e. The molecule has 2 heteroatoms. The van der Waals surface area contributed by atoms with Gasteiger partial charge in [0.1, 0.15) is 0 Å². The Kier molecular flexibility index (Phi) is 4.63. The van der Waals surface area contributed by atoms with E-state index in [4.69, 9.17) is 0 Å². The quantitative estimate of drug-likeness (QED) is 0.779. The molecule has 1 atom stereocenters. The molecule has 0 spiro atoms. The Balaban J connectivity index is 2.58. The number of thiophene rings is 1. The highest BCUT2D eigenvalue weighted by Gasteiger charge is 2.12. The predicted molar refractivity (Wildman–Crippen MR) is 65.0 cm³/mol. The van der Waals surface area contributed by atoms with Crippen LogP contribution >= 0.6 is 11.3 Å². The Morgan fingerprint density at radius 3 is 2.43 bits per heavy atom. The van der Waals surface area contributed by atoms with Crippen LogP contribution < -0.4 is 5.32 Å². The van der Waals surface area contributed by atoms with Crippen LogP contribution in [0.3, 0.4) is 0 Å². The van der Waals surface area contributed by atoms with Gasteiger partial charge in [0.05, 0.1) is 0 Å². The predicted octanol–water partition coefficient (Wildman–Crippen LogP) is 3.90. The lowest BCUT2D eigenvalue weighted by Gasteiger charge is -2.20. The summed E-state index contributed by atoms with van der Waals surface area (Å²) >= 11 is 1.86. The van der Waals surface area contributed by atoms with Crippen LogP contribution in [-0.4, -0.2) is 6.04 Å². The van der Waals surface area contributed by atoms with E-state index < -0.39 is 0 Å². The van der Waals surface area contributed by atoms with Crippen LogP contribution in [0.4, 0.5) is 0 Å². The molecule has 0 saturated carbocycles. The molecule has 0 radical (unpaired) electrons. The number of rotatable bonds is 5. The molecular formula is C12H21NS. The molecule has 1 aromatic rings. The summed E-state index contributed by atoms with van der Waals surface area (Å²) in [4.78, 5) is 1.48. The monoisotopic (exact) mass is 211 g/mol. The van der Waals surface area contributed by atoms with Crippen LogP contribution in [0.15, 0.2) is 11.4 Å². The first-order valence-electron chi connectivity index (χ1n) is 5.49. The fraction of sp³-hybridized carbons (Fsp3) is 0.667. The molecule has 0 saturated heterocycles. The van der Waals surface area contributed by atoms with Crippen molar-refractivity contribution in [3.05, 3.63) is 21.9 Å². The van der Waals surface area contributed by atoms with Gasteiger partial charge in [-0.2, -0.15) is 0 Å². The molecule has 1 heterocycles. The third-order valence-electron chi connectivity index (χ3n) is 2.77. The first-order valence-corrected chi connectivity index (χ1v) is 6.37. The third-order valence-corrected chi connectivity index (χ3v) is 3.97. The van der Waals surface area contributed by atoms with Gasteiger partial charge in [-0.1, -0.05) is 13.8 Å². The Morgan fingerprint density at radius 2 is 2.00 bits per heavy atom. The van der Waals surface area contributed by atoms with Crippen LogP contribution in [0.5, 0.6) is 0 Å². The summed E-state index contributed by atoms with van der Waals surface area (Å²) in [5.41, 5.74) is 1.42. The van der Waals surface area contributed by atoms with Gasteiger partial charge in [-0.25, -0.2) is 0 Å². The van der Waals surface area contributed by atoms with Crippen molar-refractivity contribution in [2.75, 3.05) is 0 Å². The summed E-state index contributed by atoms with van der Waals surface area (Å²) in [6.45, 7) is 8.94. The molecule has 1 aromatic heterocycles. The van der Waals surface area contributed by atoms with Crippen molar-refractivity contribution in [1.82, 2.24) is 5.32 Å². The average molecular weight is 211 g/mol. The zero-order chi connectivity index (χ0) is 10.6. The SMILES string of the molecule is CCC(CC)N[C@H](C)c1sccc1C. The second-order valence-electron chi connectivity index (χ2n) is 3.87. The highest BCUT2D eigenvalue weighted by atomic mass is 32.1. The first kappa shape index (κ1) is 11.7. The minimum absolute atomic E-state index is 0.500. The maximum absolute atomic E-state index is 3.67. The molecule has 1 rings (SSSR count). The summed E-state index contributed by atoms with van der Waals surface area (Å²) in [6.07, 6.45) is 2.43. The number of hydrogen-bond acceptors (Lipinski definition) is 2. The van der Waals surface area contributed by atoms with E-state index in [-0.39, 0.29) is 0 Å². The molecule has 1 nitrogen and oxygen atoms in total. The Labute approximate surface area is 91.5 Å². The second kappa shape index (κ2) is 5.52. The topological polar surface area (TPSA) is 12.0 Å². The lowest BCUT2D eigenvalue weighted by molar-refractivity contribution is 0.435. The van der Waals surface area contributed by atoms with Crippen LogP contribution in [0.2, 0.25) is 0 Å². The van der Waals surface area contributed by atoms with Crippen molar-refractivity contribution in [2.24, 2.45) is 0 Å². The van der Waals surface area contributed by atoms with Crippen molar-refractivity contribution in [1.29, 1.82) is 0 Å². The smallest absolute Gasteiger partial charge is 0.0390 e. The summed E-state index contributed by atoms with van der Waals surface area (Å²) in [5, 5.41) is 5.85. The van der Waals surface area contributed by atoms with Gasteiger partial charge in [-0.15, -0.1) is 11.3 Å². The van der Waals surface area contributed by atoms with Gasteiger partial charge in [0.15, 0.2) is 0 Å². The first-order chi connectivity index (χ1) is 6.69. The summed E-state index contributed by atoms with van der Waals surface area (Å²) in [5.74, 6) is 0. The number of aryl methyl sites for hydroxylation is 1. The minimum Gasteiger partial charge on any atom is -0.307 e. The molecule has 0 aromatic carbocycles. The Hall–Kier alpha value is -0.340. The van der Waals surface area contributed by atoms with Crippen LogP contribution in [0.25, 0.3) is 0 Å². The molecule has 1 N–H and O–H groups in total. The van der Waals surface area contributed by atoms with Gasteiger partial charge in [-0.05, 0) is 43.7 Å². The van der Waals surface area contributed by atoms with Crippen molar-refractivity contribution in [3.8, 4) is 0 Å². The molecule has 0 amide bonds. The average Bonchev–Trinajstić information content (AvgIpc) is 2.60. The minimum atomic E-state index is 0.500. The van der Waals surface area contributed by atoms with Crippen molar-refractivity contribution in [2.45, 2.75) is 52.6 Å².